The minimum Gasteiger partial charge on any atom is -0.390 e. The van der Waals surface area contributed by atoms with Gasteiger partial charge in [-0.3, -0.25) is 4.79 Å². The summed E-state index contributed by atoms with van der Waals surface area (Å²) < 4.78 is 1.05. The monoisotopic (exact) mass is 363 g/mol. The summed E-state index contributed by atoms with van der Waals surface area (Å²) in [6.07, 6.45) is 5.55. The summed E-state index contributed by atoms with van der Waals surface area (Å²) in [6.45, 7) is 2.02. The van der Waals surface area contributed by atoms with Crippen LogP contribution in [0.15, 0.2) is 22.7 Å². The Morgan fingerprint density at radius 2 is 1.95 bits per heavy atom. The molecule has 0 aliphatic heterocycles. The van der Waals surface area contributed by atoms with Gasteiger partial charge in [0.05, 0.1) is 11.0 Å². The lowest BCUT2D eigenvalue weighted by Crippen LogP contribution is -2.59. The van der Waals surface area contributed by atoms with Gasteiger partial charge in [-0.15, -0.1) is 0 Å². The Labute approximate surface area is 139 Å². The minimum absolute atomic E-state index is 0.113. The summed E-state index contributed by atoms with van der Waals surface area (Å²) in [5.74, 6) is 1.18. The van der Waals surface area contributed by atoms with Crippen molar-refractivity contribution in [1.29, 1.82) is 0 Å². The molecule has 22 heavy (non-hydrogen) atoms. The van der Waals surface area contributed by atoms with Crippen molar-refractivity contribution in [2.75, 3.05) is 5.32 Å². The number of hydrogen-bond donors (Lipinski definition) is 2. The first kappa shape index (κ1) is 14.7. The van der Waals surface area contributed by atoms with Gasteiger partial charge in [-0.2, -0.15) is 0 Å². The molecule has 0 saturated heterocycles. The lowest BCUT2D eigenvalue weighted by Gasteiger charge is -2.59. The third-order valence-corrected chi connectivity index (χ3v) is 6.82. The molecule has 0 radical (unpaired) electrons. The molecule has 4 bridgehead atoms. The summed E-state index contributed by atoms with van der Waals surface area (Å²) in [4.78, 5) is 13.0. The molecule has 2 N–H and O–H groups in total. The Hall–Kier alpha value is -0.870. The minimum atomic E-state index is -0.586. The maximum Gasteiger partial charge on any atom is 0.230 e. The van der Waals surface area contributed by atoms with Crippen LogP contribution in [0.4, 0.5) is 5.69 Å². The van der Waals surface area contributed by atoms with Gasteiger partial charge in [0.15, 0.2) is 0 Å². The van der Waals surface area contributed by atoms with Gasteiger partial charge < -0.3 is 10.4 Å². The Kier molecular flexibility index (Phi) is 3.22. The van der Waals surface area contributed by atoms with Gasteiger partial charge in [-0.1, -0.05) is 15.9 Å². The molecule has 0 spiro atoms. The van der Waals surface area contributed by atoms with E-state index in [1.54, 1.807) is 0 Å². The molecule has 1 aromatic carbocycles. The average molecular weight is 364 g/mol. The molecule has 5 rings (SSSR count). The van der Waals surface area contributed by atoms with Crippen molar-refractivity contribution in [3.8, 4) is 0 Å². The summed E-state index contributed by atoms with van der Waals surface area (Å²) in [7, 11) is 0. The van der Waals surface area contributed by atoms with Gasteiger partial charge in [0.25, 0.3) is 0 Å². The van der Waals surface area contributed by atoms with Crippen LogP contribution in [0, 0.1) is 24.2 Å². The number of rotatable bonds is 2. The van der Waals surface area contributed by atoms with Crippen molar-refractivity contribution in [2.24, 2.45) is 17.3 Å². The van der Waals surface area contributed by atoms with Crippen LogP contribution in [-0.4, -0.2) is 16.6 Å². The Morgan fingerprint density at radius 1 is 1.27 bits per heavy atom. The average Bonchev–Trinajstić information content (AvgIpc) is 2.40. The molecule has 1 amide bonds. The molecule has 4 heteroatoms. The molecule has 3 nitrogen and oxygen atoms in total. The molecule has 4 saturated carbocycles. The fourth-order valence-electron chi connectivity index (χ4n) is 5.47. The van der Waals surface area contributed by atoms with Crippen LogP contribution in [-0.2, 0) is 4.79 Å². The van der Waals surface area contributed by atoms with Crippen molar-refractivity contribution < 1.29 is 9.90 Å². The van der Waals surface area contributed by atoms with Crippen LogP contribution >= 0.6 is 15.9 Å². The number of carbonyl (C=O) groups is 1. The van der Waals surface area contributed by atoms with E-state index in [2.05, 4.69) is 21.2 Å². The zero-order valence-electron chi connectivity index (χ0n) is 12.9. The highest BCUT2D eigenvalue weighted by Gasteiger charge is 2.60. The molecule has 2 unspecified atom stereocenters. The quantitative estimate of drug-likeness (QED) is 0.833. The van der Waals surface area contributed by atoms with E-state index in [1.807, 2.05) is 25.1 Å². The second kappa shape index (κ2) is 4.81. The number of nitrogens with one attached hydrogen (secondary N) is 1. The van der Waals surface area contributed by atoms with Crippen molar-refractivity contribution >= 4 is 27.5 Å². The number of hydrogen-bond acceptors (Lipinski definition) is 2. The molecular weight excluding hydrogens is 342 g/mol. The van der Waals surface area contributed by atoms with Crippen LogP contribution in [0.3, 0.4) is 0 Å². The van der Waals surface area contributed by atoms with E-state index < -0.39 is 5.60 Å². The first-order valence-corrected chi connectivity index (χ1v) is 8.97. The van der Waals surface area contributed by atoms with E-state index in [-0.39, 0.29) is 11.3 Å². The lowest BCUT2D eigenvalue weighted by molar-refractivity contribution is -0.174. The molecule has 4 aliphatic carbocycles. The third-order valence-electron chi connectivity index (χ3n) is 5.93. The molecule has 4 fully saturated rings. The normalized spacial score (nSPS) is 39.0. The van der Waals surface area contributed by atoms with Gasteiger partial charge in [-0.05, 0) is 81.0 Å². The van der Waals surface area contributed by atoms with Crippen molar-refractivity contribution in [2.45, 2.75) is 51.0 Å². The van der Waals surface area contributed by atoms with Crippen LogP contribution in [0.5, 0.6) is 0 Å². The Balaban J connectivity index is 1.58. The first-order valence-electron chi connectivity index (χ1n) is 8.18. The van der Waals surface area contributed by atoms with Crippen LogP contribution in [0.25, 0.3) is 0 Å². The molecule has 4 aliphatic rings. The molecule has 1 aromatic rings. The van der Waals surface area contributed by atoms with E-state index in [4.69, 9.17) is 0 Å². The van der Waals surface area contributed by atoms with E-state index >= 15 is 0 Å². The van der Waals surface area contributed by atoms with Gasteiger partial charge in [0.1, 0.15) is 0 Å². The maximum atomic E-state index is 13.0. The number of anilines is 1. The van der Waals surface area contributed by atoms with Gasteiger partial charge >= 0.3 is 0 Å². The van der Waals surface area contributed by atoms with E-state index in [0.717, 1.165) is 41.4 Å². The SMILES string of the molecule is Cc1cc(NC(=O)C23C[C@@H]4C[C@@H](CC(O)(C4)C2)C3)ccc1Br. The van der Waals surface area contributed by atoms with E-state index in [0.29, 0.717) is 18.3 Å². The highest BCUT2D eigenvalue weighted by atomic mass is 79.9. The van der Waals surface area contributed by atoms with Crippen LogP contribution in [0.1, 0.15) is 44.1 Å². The predicted molar refractivity (Wildman–Crippen MR) is 89.6 cm³/mol. The molecular formula is C18H22BrNO2. The van der Waals surface area contributed by atoms with E-state index in [9.17, 15) is 9.90 Å². The highest BCUT2D eigenvalue weighted by Crippen LogP contribution is 2.61. The van der Waals surface area contributed by atoms with Gasteiger partial charge in [0.2, 0.25) is 5.91 Å². The molecule has 4 atom stereocenters. The van der Waals surface area contributed by atoms with Crippen LogP contribution in [0.2, 0.25) is 0 Å². The summed E-state index contributed by atoms with van der Waals surface area (Å²) in [5, 5.41) is 13.9. The van der Waals surface area contributed by atoms with Crippen LogP contribution < -0.4 is 5.32 Å². The van der Waals surface area contributed by atoms with Gasteiger partial charge in [0, 0.05) is 10.2 Å². The summed E-state index contributed by atoms with van der Waals surface area (Å²) >= 11 is 3.49. The molecule has 118 valence electrons. The number of aryl methyl sites for hydroxylation is 1. The molecule has 0 aromatic heterocycles. The maximum absolute atomic E-state index is 13.0. The van der Waals surface area contributed by atoms with Crippen molar-refractivity contribution in [3.05, 3.63) is 28.2 Å². The predicted octanol–water partition coefficient (Wildman–Crippen LogP) is 4.03. The highest BCUT2D eigenvalue weighted by molar-refractivity contribution is 9.10. The third kappa shape index (κ3) is 2.31. The standard InChI is InChI=1S/C18H22BrNO2/c1-11-4-14(2-3-15(11)19)20-16(21)17-6-12-5-13(7-17)9-18(22,8-12)10-17/h2-4,12-13,22H,5-10H2,1H3,(H,20,21)/t12-,13+,17?,18?. The zero-order chi connectivity index (χ0) is 15.5. The lowest BCUT2D eigenvalue weighted by atomic mass is 9.47. The van der Waals surface area contributed by atoms with Gasteiger partial charge in [-0.25, -0.2) is 0 Å². The Bertz CT molecular complexity index is 628. The first-order chi connectivity index (χ1) is 10.4. The number of halogens is 1. The van der Waals surface area contributed by atoms with Crippen molar-refractivity contribution in [3.63, 3.8) is 0 Å². The fraction of sp³-hybridized carbons (Fsp3) is 0.611. The van der Waals surface area contributed by atoms with Crippen molar-refractivity contribution in [1.82, 2.24) is 0 Å². The molecule has 0 heterocycles. The second-order valence-corrected chi connectivity index (χ2v) is 8.74. The number of benzene rings is 1. The van der Waals surface area contributed by atoms with E-state index in [1.165, 1.54) is 6.42 Å². The zero-order valence-corrected chi connectivity index (χ0v) is 14.4. The number of amides is 1. The largest absolute Gasteiger partial charge is 0.390 e. The smallest absolute Gasteiger partial charge is 0.230 e. The second-order valence-electron chi connectivity index (χ2n) is 7.88. The number of aliphatic hydroxyl groups is 1. The summed E-state index contributed by atoms with van der Waals surface area (Å²) in [6, 6.07) is 5.90. The topological polar surface area (TPSA) is 49.3 Å². The number of carbonyl (C=O) groups excluding carboxylic acids is 1. The Morgan fingerprint density at radius 3 is 2.55 bits per heavy atom. The summed E-state index contributed by atoms with van der Waals surface area (Å²) in [5.41, 5.74) is 1.03. The fourth-order valence-corrected chi connectivity index (χ4v) is 5.71.